The predicted molar refractivity (Wildman–Crippen MR) is 229 cm³/mol. The van der Waals surface area contributed by atoms with Gasteiger partial charge in [0.2, 0.25) is 0 Å². The fourth-order valence-corrected chi connectivity index (χ4v) is 14.1. The number of nitrogens with zero attached hydrogens (tertiary/aromatic N) is 1. The van der Waals surface area contributed by atoms with Gasteiger partial charge in [-0.25, -0.2) is 16.8 Å². The Hall–Kier alpha value is -0.886. The summed E-state index contributed by atoms with van der Waals surface area (Å²) in [6, 6.07) is 1.05. The van der Waals surface area contributed by atoms with Crippen LogP contribution >= 0.6 is 0 Å². The van der Waals surface area contributed by atoms with Crippen molar-refractivity contribution in [2.45, 2.75) is 154 Å². The molecular formula is C37H79AgF3NO13S2Si2. The molecule has 0 amide bonds. The summed E-state index contributed by atoms with van der Waals surface area (Å²) in [5.41, 5.74) is -6.91. The Labute approximate surface area is 373 Å². The Bertz CT molecular complexity index is 1360. The normalized spacial score (nSPS) is 12.7. The van der Waals surface area contributed by atoms with E-state index in [-0.39, 0.29) is 73.5 Å². The van der Waals surface area contributed by atoms with Crippen LogP contribution in [-0.2, 0) is 84.6 Å². The Kier molecular flexibility index (Phi) is 38.7. The van der Waals surface area contributed by atoms with Crippen LogP contribution in [0.15, 0.2) is 0 Å². The van der Waals surface area contributed by atoms with Gasteiger partial charge in [0.05, 0.1) is 59.8 Å². The van der Waals surface area contributed by atoms with E-state index in [0.717, 1.165) is 25.3 Å². The van der Waals surface area contributed by atoms with Gasteiger partial charge < -0.3 is 31.9 Å². The molecule has 0 aromatic heterocycles. The molecule has 1 atom stereocenters. The number of hydrogen-bond acceptors (Lipinski definition) is 13. The molecule has 0 N–H and O–H groups in total. The number of sulfonamides is 2. The molecule has 0 heterocycles. The number of rotatable bonds is 25. The Morgan fingerprint density at radius 2 is 1.10 bits per heavy atom. The molecule has 0 saturated carbocycles. The summed E-state index contributed by atoms with van der Waals surface area (Å²) in [4.78, 5) is 34.6. The standard InChI is InChI=1S/C14H32O3Si2.C11H22O4.C10H17F3NO6S2.2CH4.Ag/c1-9-14(2,3)13(15)16-11-10-12-19(7,8)17-18(4,5)6;1-4-10(3)11(12)15-9-8-14-7-6-13-5-2;1-4-9(2,3)8(15)20-6-5-7-21(16,17)14-22(18,19)10(11,12)13;;;/h9-12H2,1-8H3;10H,4-9H2,1-3H3;4-7H2,1-3H3;2*1H4;/q;;-1;;;+1. The summed E-state index contributed by atoms with van der Waals surface area (Å²) in [7, 11) is -14.0. The number of ether oxygens (including phenoxy) is 5. The first-order valence-electron chi connectivity index (χ1n) is 18.9. The Balaban J connectivity index is -0.000000177. The quantitative estimate of drug-likeness (QED) is 0.0365. The van der Waals surface area contributed by atoms with E-state index >= 15 is 0 Å². The summed E-state index contributed by atoms with van der Waals surface area (Å²) in [5.74, 6) is -1.82. The van der Waals surface area contributed by atoms with E-state index in [1.54, 1.807) is 20.8 Å². The van der Waals surface area contributed by atoms with Crippen LogP contribution in [0.5, 0.6) is 0 Å². The van der Waals surface area contributed by atoms with Crippen LogP contribution < -0.4 is 0 Å². The molecule has 0 fully saturated rings. The Morgan fingerprint density at radius 1 is 0.678 bits per heavy atom. The molecule has 0 aliphatic carbocycles. The van der Waals surface area contributed by atoms with Crippen molar-refractivity contribution in [3.05, 3.63) is 4.13 Å². The largest absolute Gasteiger partial charge is 1.00 e. The average molecular weight is 1030 g/mol. The van der Waals surface area contributed by atoms with Crippen LogP contribution in [-0.4, -0.2) is 109 Å². The van der Waals surface area contributed by atoms with Gasteiger partial charge in [-0.05, 0) is 106 Å². The summed E-state index contributed by atoms with van der Waals surface area (Å²) in [6.45, 7) is 30.6. The predicted octanol–water partition coefficient (Wildman–Crippen LogP) is 9.22. The van der Waals surface area contributed by atoms with Gasteiger partial charge >= 0.3 is 45.8 Å². The van der Waals surface area contributed by atoms with E-state index in [2.05, 4.69) is 32.7 Å². The molecule has 0 aliphatic rings. The first-order chi connectivity index (χ1) is 25.3. The van der Waals surface area contributed by atoms with Gasteiger partial charge in [-0.3, -0.25) is 14.4 Å². The first kappa shape index (κ1) is 69.8. The van der Waals surface area contributed by atoms with Gasteiger partial charge in [-0.1, -0.05) is 42.5 Å². The molecule has 0 rings (SSSR count). The molecule has 59 heavy (non-hydrogen) atoms. The molecule has 0 bridgehead atoms. The van der Waals surface area contributed by atoms with Crippen LogP contribution in [0, 0.1) is 16.7 Å². The average Bonchev–Trinajstić information content (AvgIpc) is 3.05. The minimum atomic E-state index is -6.11. The van der Waals surface area contributed by atoms with E-state index in [9.17, 15) is 44.4 Å². The molecule has 0 aromatic rings. The Morgan fingerprint density at radius 3 is 1.49 bits per heavy atom. The van der Waals surface area contributed by atoms with Crippen molar-refractivity contribution < 1.29 is 94.6 Å². The van der Waals surface area contributed by atoms with Crippen LogP contribution in [0.1, 0.15) is 109 Å². The van der Waals surface area contributed by atoms with Crippen molar-refractivity contribution in [3.8, 4) is 0 Å². The summed E-state index contributed by atoms with van der Waals surface area (Å²) in [5, 5.41) is 0. The van der Waals surface area contributed by atoms with Crippen molar-refractivity contribution >= 4 is 54.6 Å². The molecule has 0 radical (unpaired) electrons. The minimum Gasteiger partial charge on any atom is -0.465 e. The van der Waals surface area contributed by atoms with E-state index in [1.807, 2.05) is 45.7 Å². The second-order valence-corrected chi connectivity index (χ2v) is 28.4. The van der Waals surface area contributed by atoms with Crippen molar-refractivity contribution in [1.29, 1.82) is 0 Å². The van der Waals surface area contributed by atoms with Crippen LogP contribution in [0.25, 0.3) is 4.13 Å². The summed E-state index contributed by atoms with van der Waals surface area (Å²) < 4.78 is 113. The van der Waals surface area contributed by atoms with Gasteiger partial charge in [0.1, 0.15) is 6.61 Å². The first-order valence-corrected chi connectivity index (χ1v) is 28.5. The van der Waals surface area contributed by atoms with Crippen molar-refractivity contribution in [2.24, 2.45) is 16.7 Å². The molecule has 22 heteroatoms. The third-order valence-corrected chi connectivity index (χ3v) is 17.3. The van der Waals surface area contributed by atoms with E-state index in [1.165, 1.54) is 0 Å². The maximum Gasteiger partial charge on any atom is 1.00 e. The molecule has 14 nitrogen and oxygen atoms in total. The number of carbonyl (C=O) groups excluding carboxylic acids is 3. The second kappa shape index (κ2) is 32.7. The van der Waals surface area contributed by atoms with Crippen molar-refractivity contribution in [3.63, 3.8) is 0 Å². The van der Waals surface area contributed by atoms with Crippen LogP contribution in [0.2, 0.25) is 38.8 Å². The third-order valence-electron chi connectivity index (χ3n) is 7.96. The number of carbonyl (C=O) groups is 3. The summed E-state index contributed by atoms with van der Waals surface area (Å²) >= 11 is 0. The molecule has 0 aromatic carbocycles. The van der Waals surface area contributed by atoms with Crippen LogP contribution in [0.3, 0.4) is 0 Å². The smallest absolute Gasteiger partial charge is 0.465 e. The van der Waals surface area contributed by atoms with E-state index < -0.39 is 59.3 Å². The van der Waals surface area contributed by atoms with Gasteiger partial charge in [-0.15, -0.1) is 0 Å². The van der Waals surface area contributed by atoms with E-state index in [4.69, 9.17) is 27.8 Å². The van der Waals surface area contributed by atoms with Crippen LogP contribution in [0.4, 0.5) is 13.2 Å². The second-order valence-electron chi connectivity index (χ2n) is 15.7. The van der Waals surface area contributed by atoms with Gasteiger partial charge in [0, 0.05) is 12.4 Å². The molecule has 1 unspecified atom stereocenters. The van der Waals surface area contributed by atoms with Gasteiger partial charge in [0.15, 0.2) is 26.7 Å². The number of halogens is 3. The van der Waals surface area contributed by atoms with Gasteiger partial charge in [0.25, 0.3) is 0 Å². The fraction of sp³-hybridized carbons (Fsp3) is 0.919. The number of esters is 3. The van der Waals surface area contributed by atoms with Crippen molar-refractivity contribution in [1.82, 2.24) is 0 Å². The molecule has 0 spiro atoms. The number of alkyl halides is 3. The molecule has 0 saturated heterocycles. The maximum absolute atomic E-state index is 12.0. The third kappa shape index (κ3) is 36.3. The molecular weight excluding hydrogens is 952 g/mol. The van der Waals surface area contributed by atoms with Gasteiger partial charge in [-0.2, -0.15) is 13.2 Å². The monoisotopic (exact) mass is 1030 g/mol. The minimum absolute atomic E-state index is 0. The maximum atomic E-state index is 12.0. The summed E-state index contributed by atoms with van der Waals surface area (Å²) in [6.07, 6.45) is 2.64. The molecule has 0 aliphatic heterocycles. The zero-order valence-corrected chi connectivity index (χ0v) is 41.6. The topological polar surface area (TPSA) is 189 Å². The fourth-order valence-electron chi connectivity index (χ4n) is 3.73. The zero-order valence-electron chi connectivity index (χ0n) is 36.5. The van der Waals surface area contributed by atoms with E-state index in [0.29, 0.717) is 46.1 Å². The number of hydrogen-bond donors (Lipinski definition) is 0. The molecule has 362 valence electrons. The zero-order chi connectivity index (χ0) is 44.7. The van der Waals surface area contributed by atoms with Crippen molar-refractivity contribution in [2.75, 3.05) is 52.0 Å². The SMILES string of the molecule is C.C.CCC(C)(C)C(=O)OCCCS(=O)(=O)[N-]S(=O)(=O)C(F)(F)F.CCC(C)(C)C(=O)OCCC[Si](C)(C)O[Si](C)(C)C.CCOCCOCCOC(=O)C(C)CC.[Ag+].